The first-order valence-corrected chi connectivity index (χ1v) is 11.9. The quantitative estimate of drug-likeness (QED) is 0.300. The zero-order valence-corrected chi connectivity index (χ0v) is 20.6. The van der Waals surface area contributed by atoms with Crippen molar-refractivity contribution in [2.24, 2.45) is 0 Å². The van der Waals surface area contributed by atoms with Gasteiger partial charge >= 0.3 is 18.2 Å². The summed E-state index contributed by atoms with van der Waals surface area (Å²) in [5.74, 6) is -0.632. The van der Waals surface area contributed by atoms with E-state index in [9.17, 15) is 27.9 Å². The number of phenolic OH excluding ortho intramolecular Hbond substituents is 1. The second-order valence-corrected chi connectivity index (χ2v) is 8.41. The Hall–Kier alpha value is -4.01. The molecule has 0 radical (unpaired) electrons. The molecule has 0 aliphatic rings. The second-order valence-electron chi connectivity index (χ2n) is 8.41. The van der Waals surface area contributed by atoms with Gasteiger partial charge < -0.3 is 20.5 Å². The molecule has 0 aliphatic heterocycles. The van der Waals surface area contributed by atoms with Gasteiger partial charge in [-0.2, -0.15) is 13.2 Å². The van der Waals surface area contributed by atoms with E-state index in [0.29, 0.717) is 11.1 Å². The average molecular weight is 515 g/mol. The van der Waals surface area contributed by atoms with Gasteiger partial charge in [-0.05, 0) is 59.9 Å². The van der Waals surface area contributed by atoms with Crippen LogP contribution in [0.5, 0.6) is 5.75 Å². The summed E-state index contributed by atoms with van der Waals surface area (Å²) in [6.45, 7) is 3.88. The first-order chi connectivity index (χ1) is 17.6. The minimum Gasteiger partial charge on any atom is -0.507 e. The van der Waals surface area contributed by atoms with Crippen molar-refractivity contribution >= 4 is 12.0 Å². The van der Waals surface area contributed by atoms with Crippen LogP contribution >= 0.6 is 0 Å². The second kappa shape index (κ2) is 12.3. The van der Waals surface area contributed by atoms with Crippen LogP contribution in [0.4, 0.5) is 18.0 Å². The molecule has 37 heavy (non-hydrogen) atoms. The zero-order valence-electron chi connectivity index (χ0n) is 20.6. The number of urea groups is 1. The van der Waals surface area contributed by atoms with E-state index in [0.717, 1.165) is 17.7 Å². The highest BCUT2D eigenvalue weighted by Gasteiger charge is 2.32. The lowest BCUT2D eigenvalue weighted by Gasteiger charge is -2.23. The van der Waals surface area contributed by atoms with Crippen LogP contribution in [0.25, 0.3) is 11.1 Å². The number of carbonyl (C=O) groups excluding carboxylic acids is 2. The molecule has 196 valence electrons. The number of phenols is 1. The molecule has 3 N–H and O–H groups in total. The Morgan fingerprint density at radius 1 is 0.946 bits per heavy atom. The van der Waals surface area contributed by atoms with Gasteiger partial charge in [-0.1, -0.05) is 49.4 Å². The molecule has 0 fully saturated rings. The Labute approximate surface area is 213 Å². The fourth-order valence-corrected chi connectivity index (χ4v) is 3.95. The lowest BCUT2D eigenvalue weighted by molar-refractivity contribution is -0.142. The average Bonchev–Trinajstić information content (AvgIpc) is 2.87. The smallest absolute Gasteiger partial charge is 0.416 e. The van der Waals surface area contributed by atoms with Gasteiger partial charge in [-0.3, -0.25) is 4.79 Å². The van der Waals surface area contributed by atoms with Gasteiger partial charge in [0, 0.05) is 12.1 Å². The van der Waals surface area contributed by atoms with Crippen molar-refractivity contribution in [1.82, 2.24) is 10.6 Å². The molecule has 0 aliphatic carbocycles. The van der Waals surface area contributed by atoms with Gasteiger partial charge in [-0.15, -0.1) is 0 Å². The van der Waals surface area contributed by atoms with Crippen molar-refractivity contribution in [1.29, 1.82) is 0 Å². The van der Waals surface area contributed by atoms with E-state index >= 15 is 0 Å². The number of aromatic hydroxyl groups is 1. The molecule has 0 bridgehead atoms. The van der Waals surface area contributed by atoms with Crippen LogP contribution in [0.15, 0.2) is 66.7 Å². The number of hydrogen-bond donors (Lipinski definition) is 3. The van der Waals surface area contributed by atoms with Crippen molar-refractivity contribution in [3.63, 3.8) is 0 Å². The topological polar surface area (TPSA) is 87.7 Å². The van der Waals surface area contributed by atoms with Crippen LogP contribution in [-0.2, 0) is 28.7 Å². The van der Waals surface area contributed by atoms with Crippen LogP contribution in [0.2, 0.25) is 0 Å². The molecule has 9 heteroatoms. The van der Waals surface area contributed by atoms with E-state index < -0.39 is 29.8 Å². The van der Waals surface area contributed by atoms with Gasteiger partial charge in [0.1, 0.15) is 5.75 Å². The summed E-state index contributed by atoms with van der Waals surface area (Å²) >= 11 is 0. The third-order valence-corrected chi connectivity index (χ3v) is 5.77. The molecule has 0 aromatic heterocycles. The highest BCUT2D eigenvalue weighted by Crippen LogP contribution is 2.39. The maximum Gasteiger partial charge on any atom is 0.416 e. The molecule has 0 spiro atoms. The number of ether oxygens (including phenoxy) is 1. The van der Waals surface area contributed by atoms with Gasteiger partial charge in [-0.25, -0.2) is 4.79 Å². The highest BCUT2D eigenvalue weighted by atomic mass is 19.4. The van der Waals surface area contributed by atoms with E-state index in [2.05, 4.69) is 10.6 Å². The minimum atomic E-state index is -4.60. The van der Waals surface area contributed by atoms with E-state index in [1.165, 1.54) is 12.1 Å². The van der Waals surface area contributed by atoms with Crippen molar-refractivity contribution < 1.29 is 32.6 Å². The van der Waals surface area contributed by atoms with E-state index in [-0.39, 0.29) is 42.9 Å². The van der Waals surface area contributed by atoms with Crippen LogP contribution in [0, 0.1) is 0 Å². The fourth-order valence-electron chi connectivity index (χ4n) is 3.95. The zero-order chi connectivity index (χ0) is 27.0. The first kappa shape index (κ1) is 27.6. The summed E-state index contributed by atoms with van der Waals surface area (Å²) in [5, 5.41) is 16.1. The largest absolute Gasteiger partial charge is 0.507 e. The first-order valence-electron chi connectivity index (χ1n) is 11.9. The number of nitrogens with one attached hydrogen (secondary N) is 2. The Kier molecular flexibility index (Phi) is 9.16. The SMILES string of the molecule is CCOC(=O)Cc1ccc(O)c(-c2ccc(C(F)(F)F)cc2C(CC)NC(=O)NCc2ccccc2)c1. The molecule has 1 unspecified atom stereocenters. The van der Waals surface area contributed by atoms with E-state index in [4.69, 9.17) is 4.74 Å². The molecule has 0 saturated heterocycles. The number of hydrogen-bond acceptors (Lipinski definition) is 4. The Bertz CT molecular complexity index is 1230. The van der Waals surface area contributed by atoms with Crippen LogP contribution in [0.3, 0.4) is 0 Å². The van der Waals surface area contributed by atoms with Gasteiger partial charge in [0.15, 0.2) is 0 Å². The maximum absolute atomic E-state index is 13.6. The number of amides is 2. The van der Waals surface area contributed by atoms with Crippen LogP contribution in [0.1, 0.15) is 48.6 Å². The van der Waals surface area contributed by atoms with Crippen molar-refractivity contribution in [3.8, 4) is 16.9 Å². The molecular formula is C28H29F3N2O4. The Balaban J connectivity index is 1.96. The number of carbonyl (C=O) groups is 2. The van der Waals surface area contributed by atoms with Gasteiger partial charge in [0.05, 0.1) is 24.6 Å². The van der Waals surface area contributed by atoms with E-state index in [1.54, 1.807) is 26.0 Å². The molecule has 1 atom stereocenters. The summed E-state index contributed by atoms with van der Waals surface area (Å²) in [5.41, 5.74) is 1.27. The molecular weight excluding hydrogens is 485 g/mol. The normalized spacial score (nSPS) is 12.0. The summed E-state index contributed by atoms with van der Waals surface area (Å²) in [4.78, 5) is 24.6. The van der Waals surface area contributed by atoms with Gasteiger partial charge in [0.2, 0.25) is 0 Å². The number of halogens is 3. The summed E-state index contributed by atoms with van der Waals surface area (Å²) < 4.78 is 45.8. The van der Waals surface area contributed by atoms with Crippen LogP contribution < -0.4 is 10.6 Å². The lowest BCUT2D eigenvalue weighted by atomic mass is 9.90. The Morgan fingerprint density at radius 2 is 1.68 bits per heavy atom. The van der Waals surface area contributed by atoms with Crippen molar-refractivity contribution in [2.45, 2.75) is 45.5 Å². The lowest BCUT2D eigenvalue weighted by Crippen LogP contribution is -2.37. The number of esters is 1. The predicted octanol–water partition coefficient (Wildman–Crippen LogP) is 6.13. The van der Waals surface area contributed by atoms with Crippen molar-refractivity contribution in [3.05, 3.63) is 89.0 Å². The number of benzene rings is 3. The predicted molar refractivity (Wildman–Crippen MR) is 134 cm³/mol. The summed E-state index contributed by atoms with van der Waals surface area (Å²) in [7, 11) is 0. The monoisotopic (exact) mass is 514 g/mol. The fraction of sp³-hybridized carbons (Fsp3) is 0.286. The number of alkyl halides is 3. The molecule has 2 amide bonds. The molecule has 3 aromatic rings. The van der Waals surface area contributed by atoms with Gasteiger partial charge in [0.25, 0.3) is 0 Å². The summed E-state index contributed by atoms with van der Waals surface area (Å²) in [6, 6.07) is 15.5. The molecule has 3 rings (SSSR count). The Morgan fingerprint density at radius 3 is 2.32 bits per heavy atom. The molecule has 3 aromatic carbocycles. The highest BCUT2D eigenvalue weighted by molar-refractivity contribution is 5.79. The third-order valence-electron chi connectivity index (χ3n) is 5.77. The summed E-state index contributed by atoms with van der Waals surface area (Å²) in [6.07, 6.45) is -4.38. The molecule has 6 nitrogen and oxygen atoms in total. The minimum absolute atomic E-state index is 0.0611. The molecule has 0 saturated carbocycles. The molecule has 0 heterocycles. The van der Waals surface area contributed by atoms with Crippen molar-refractivity contribution in [2.75, 3.05) is 6.61 Å². The maximum atomic E-state index is 13.6. The van der Waals surface area contributed by atoms with E-state index in [1.807, 2.05) is 30.3 Å². The third kappa shape index (κ3) is 7.49. The standard InChI is InChI=1S/C28H29F3N2O4/c1-3-24(33-27(36)32-17-18-8-6-5-7-9-18)22-16-20(28(29,30)31)11-12-21(22)23-14-19(10-13-25(23)34)15-26(35)37-4-2/h5-14,16,24,34H,3-4,15,17H2,1-2H3,(H2,32,33,36). The number of rotatable bonds is 9. The van der Waals surface area contributed by atoms with Crippen LogP contribution in [-0.4, -0.2) is 23.7 Å².